The smallest absolute Gasteiger partial charge is 0.487 e. The zero-order valence-corrected chi connectivity index (χ0v) is 18.9. The molecule has 1 atom stereocenters. The van der Waals surface area contributed by atoms with Crippen molar-refractivity contribution in [3.63, 3.8) is 0 Å². The maximum Gasteiger partial charge on any atom is 1.00 e. The largest absolute Gasteiger partial charge is 1.00 e. The molecule has 2 aliphatic rings. The van der Waals surface area contributed by atoms with E-state index in [2.05, 4.69) is 0 Å². The monoisotopic (exact) mass is 402 g/mol. The van der Waals surface area contributed by atoms with Gasteiger partial charge in [-0.3, -0.25) is 4.79 Å². The molecule has 3 nitrogen and oxygen atoms in total. The molecule has 21 heavy (non-hydrogen) atoms. The summed E-state index contributed by atoms with van der Waals surface area (Å²) in [6.07, 6.45) is 2.56. The van der Waals surface area contributed by atoms with Crippen LogP contribution in [0.25, 0.3) is 0 Å². The van der Waals surface area contributed by atoms with E-state index in [-0.39, 0.29) is 118 Å². The van der Waals surface area contributed by atoms with Gasteiger partial charge in [-0.1, -0.05) is 18.6 Å². The van der Waals surface area contributed by atoms with Gasteiger partial charge in [0.05, 0.1) is 6.10 Å². The third kappa shape index (κ3) is 4.62. The first kappa shape index (κ1) is 20.3. The number of amides is 1. The van der Waals surface area contributed by atoms with Crippen LogP contribution in [0.2, 0.25) is 0 Å². The minimum absolute atomic E-state index is 0. The van der Waals surface area contributed by atoms with Gasteiger partial charge in [-0.2, -0.15) is 6.42 Å². The molecule has 3 rings (SSSR count). The van der Waals surface area contributed by atoms with Crippen molar-refractivity contribution in [2.75, 3.05) is 0 Å². The summed E-state index contributed by atoms with van der Waals surface area (Å²) in [7, 11) is 0. The van der Waals surface area contributed by atoms with Crippen LogP contribution in [0.15, 0.2) is 24.3 Å². The van der Waals surface area contributed by atoms with Gasteiger partial charge in [0.1, 0.15) is 5.82 Å². The van der Waals surface area contributed by atoms with E-state index in [4.69, 9.17) is 0 Å². The van der Waals surface area contributed by atoms with Crippen molar-refractivity contribution in [2.24, 2.45) is 5.92 Å². The number of likely N-dealkylation sites (tertiary alicyclic amines) is 1. The van der Waals surface area contributed by atoms with Gasteiger partial charge in [0, 0.05) is 12.0 Å². The Morgan fingerprint density at radius 3 is 2.48 bits per heavy atom. The fourth-order valence-corrected chi connectivity index (χ4v) is 2.89. The van der Waals surface area contributed by atoms with Crippen LogP contribution in [0.5, 0.6) is 0 Å². The number of hydrogen-bond donors (Lipinski definition) is 1. The first-order valence-electron chi connectivity index (χ1n) is 6.74. The minimum Gasteiger partial charge on any atom is -0.487 e. The second kappa shape index (κ2) is 8.91. The summed E-state index contributed by atoms with van der Waals surface area (Å²) in [5, 5.41) is 9.30. The molecule has 1 N–H and O–H groups in total. The van der Waals surface area contributed by atoms with E-state index < -0.39 is 0 Å². The molecule has 1 saturated heterocycles. The zero-order valence-electron chi connectivity index (χ0n) is 12.6. The van der Waals surface area contributed by atoms with Gasteiger partial charge in [0.2, 0.25) is 0 Å². The SMILES string of the molecule is O=C(C1CC(O)C1)N1[CH-]CC[C@H]1c1ccc(F)cc1.[Cs+].[Li+]. The van der Waals surface area contributed by atoms with Gasteiger partial charge >= 0.3 is 87.8 Å². The molecule has 1 saturated carbocycles. The maximum absolute atomic E-state index is 12.9. The molecule has 0 radical (unpaired) electrons. The van der Waals surface area contributed by atoms with Crippen LogP contribution in [0.1, 0.15) is 37.3 Å². The number of aliphatic hydroxyl groups is 1. The van der Waals surface area contributed by atoms with Crippen LogP contribution < -0.4 is 87.8 Å². The van der Waals surface area contributed by atoms with E-state index in [1.807, 2.05) is 6.54 Å². The number of hydrogen-bond acceptors (Lipinski definition) is 2. The van der Waals surface area contributed by atoms with Crippen LogP contribution >= 0.6 is 0 Å². The van der Waals surface area contributed by atoms with Crippen molar-refractivity contribution in [3.8, 4) is 0 Å². The maximum atomic E-state index is 12.9. The number of aliphatic hydroxyl groups excluding tert-OH is 1. The summed E-state index contributed by atoms with van der Waals surface area (Å²) in [6.45, 7) is 1.93. The van der Waals surface area contributed by atoms with E-state index in [0.29, 0.717) is 12.8 Å². The zero-order chi connectivity index (χ0) is 13.4. The molecule has 0 bridgehead atoms. The van der Waals surface area contributed by atoms with E-state index >= 15 is 0 Å². The Morgan fingerprint density at radius 2 is 1.90 bits per heavy atom. The normalized spacial score (nSPS) is 27.3. The van der Waals surface area contributed by atoms with Crippen molar-refractivity contribution < 1.29 is 102 Å². The van der Waals surface area contributed by atoms with Gasteiger partial charge in [0.25, 0.3) is 0 Å². The molecule has 0 aromatic heterocycles. The van der Waals surface area contributed by atoms with Crippen LogP contribution in [0, 0.1) is 18.3 Å². The third-order valence-electron chi connectivity index (χ3n) is 4.07. The Bertz CT molecular complexity index is 479. The van der Waals surface area contributed by atoms with E-state index in [1.165, 1.54) is 12.1 Å². The molecule has 1 aliphatic heterocycles. The summed E-state index contributed by atoms with van der Waals surface area (Å²) in [5.41, 5.74) is 0.975. The summed E-state index contributed by atoms with van der Waals surface area (Å²) in [5.74, 6) is -0.213. The number of carbonyl (C=O) groups excluding carboxylic acids is 1. The molecule has 1 aromatic rings. The Labute approximate surface area is 195 Å². The second-order valence-corrected chi connectivity index (χ2v) is 5.39. The van der Waals surface area contributed by atoms with Crippen molar-refractivity contribution in [2.45, 2.75) is 37.8 Å². The van der Waals surface area contributed by atoms with Gasteiger partial charge in [-0.05, 0) is 30.5 Å². The fraction of sp³-hybridized carbons (Fsp3) is 0.467. The summed E-state index contributed by atoms with van der Waals surface area (Å²) >= 11 is 0. The molecule has 2 fully saturated rings. The number of benzene rings is 1. The van der Waals surface area contributed by atoms with E-state index in [9.17, 15) is 14.3 Å². The van der Waals surface area contributed by atoms with Crippen LogP contribution in [0.3, 0.4) is 0 Å². The van der Waals surface area contributed by atoms with Crippen LogP contribution in [-0.2, 0) is 4.79 Å². The topological polar surface area (TPSA) is 40.5 Å². The van der Waals surface area contributed by atoms with Gasteiger partial charge in [-0.25, -0.2) is 10.9 Å². The van der Waals surface area contributed by atoms with Gasteiger partial charge in [0.15, 0.2) is 5.91 Å². The molecule has 1 aromatic carbocycles. The van der Waals surface area contributed by atoms with Crippen molar-refractivity contribution in [1.29, 1.82) is 0 Å². The molecule has 0 spiro atoms. The fourth-order valence-electron chi connectivity index (χ4n) is 2.89. The van der Waals surface area contributed by atoms with Gasteiger partial charge < -0.3 is 10.0 Å². The Morgan fingerprint density at radius 1 is 1.29 bits per heavy atom. The summed E-state index contributed by atoms with van der Waals surface area (Å²) in [6, 6.07) is 6.38. The van der Waals surface area contributed by atoms with Crippen molar-refractivity contribution in [1.82, 2.24) is 4.90 Å². The van der Waals surface area contributed by atoms with Crippen molar-refractivity contribution >= 4 is 5.91 Å². The van der Waals surface area contributed by atoms with E-state index in [1.54, 1.807) is 17.0 Å². The molecule has 0 unspecified atom stereocenters. The molecule has 1 heterocycles. The predicted octanol–water partition coefficient (Wildman–Crippen LogP) is -3.57. The quantitative estimate of drug-likeness (QED) is 0.411. The molecule has 6 heteroatoms. The average molecular weight is 402 g/mol. The number of rotatable bonds is 2. The van der Waals surface area contributed by atoms with E-state index in [0.717, 1.165) is 18.4 Å². The molecule has 1 amide bonds. The Hall–Kier alpha value is 1.23. The van der Waals surface area contributed by atoms with Gasteiger partial charge in [-0.15, -0.1) is 0 Å². The summed E-state index contributed by atoms with van der Waals surface area (Å²) in [4.78, 5) is 14.1. The Balaban J connectivity index is 0.00000110. The number of carbonyl (C=O) groups is 1. The second-order valence-electron chi connectivity index (χ2n) is 5.39. The first-order valence-corrected chi connectivity index (χ1v) is 6.74. The molecule has 102 valence electrons. The van der Waals surface area contributed by atoms with Crippen molar-refractivity contribution in [3.05, 3.63) is 42.2 Å². The first-order chi connectivity index (χ1) is 9.15. The van der Waals surface area contributed by atoms with Crippen LogP contribution in [0.4, 0.5) is 4.39 Å². The molecular formula is C15H17CsFLiNO2+. The molecule has 1 aliphatic carbocycles. The number of halogens is 1. The third-order valence-corrected chi connectivity index (χ3v) is 4.07. The average Bonchev–Trinajstić information content (AvgIpc) is 2.84. The van der Waals surface area contributed by atoms with Crippen LogP contribution in [-0.4, -0.2) is 22.0 Å². The summed E-state index contributed by atoms with van der Waals surface area (Å²) < 4.78 is 12.9. The Kier molecular flexibility index (Phi) is 8.60. The molecular weight excluding hydrogens is 385 g/mol. The standard InChI is InChI=1S/C15H17FNO2.Cs.Li/c16-12-5-3-10(4-6-12)14-2-1-7-17(14)15(19)11-8-13(18)9-11;;/h3-7,11,13-14,18H,1-2,8-9H2;;/q-1;2*+1/t11?,13?,14-;;/m0../s1. The number of nitrogens with zero attached hydrogens (tertiary/aromatic N) is 1. The minimum atomic E-state index is -0.319. The predicted molar refractivity (Wildman–Crippen MR) is 68.3 cm³/mol.